The third kappa shape index (κ3) is 7.99. The zero-order valence-corrected chi connectivity index (χ0v) is 32.6. The van der Waals surface area contributed by atoms with Crippen molar-refractivity contribution in [3.63, 3.8) is 0 Å². The molecular formula is C40H51Cl3SiTi. The SMILES string of the molecule is CCCCc1ccc([Si](c2ccc(CCCC)cc2)(c2ccc(CCCC)cc2)[C]2([Ti+3])C3=CC=CCC3CC2C)cc1.[Cl-].[Cl-].[Cl-]. The van der Waals surface area contributed by atoms with Gasteiger partial charge in [0.25, 0.3) is 0 Å². The third-order valence-corrected chi connectivity index (χ3v) is 18.9. The van der Waals surface area contributed by atoms with Crippen molar-refractivity contribution in [2.45, 2.75) is 102 Å². The molecule has 1 saturated carbocycles. The van der Waals surface area contributed by atoms with Gasteiger partial charge in [-0.2, -0.15) is 0 Å². The van der Waals surface area contributed by atoms with Gasteiger partial charge in [-0.15, -0.1) is 0 Å². The summed E-state index contributed by atoms with van der Waals surface area (Å²) in [5.74, 6) is 1.28. The van der Waals surface area contributed by atoms with Crippen LogP contribution >= 0.6 is 0 Å². The summed E-state index contributed by atoms with van der Waals surface area (Å²) in [4.78, 5) is 0. The van der Waals surface area contributed by atoms with Crippen molar-refractivity contribution < 1.29 is 57.7 Å². The number of aryl methyl sites for hydroxylation is 3. The van der Waals surface area contributed by atoms with Gasteiger partial charge in [0.1, 0.15) is 0 Å². The molecular weight excluding hydrogens is 663 g/mol. The maximum atomic E-state index is 2.68. The molecule has 2 aliphatic carbocycles. The van der Waals surface area contributed by atoms with Crippen molar-refractivity contribution >= 4 is 23.6 Å². The topological polar surface area (TPSA) is 0 Å². The van der Waals surface area contributed by atoms with E-state index in [1.54, 1.807) is 21.1 Å². The molecule has 0 N–H and O–H groups in total. The van der Waals surface area contributed by atoms with E-state index >= 15 is 0 Å². The summed E-state index contributed by atoms with van der Waals surface area (Å²) in [6.07, 6.45) is 20.8. The van der Waals surface area contributed by atoms with Gasteiger partial charge in [-0.05, 0) is 0 Å². The van der Waals surface area contributed by atoms with E-state index in [0.717, 1.165) is 0 Å². The molecule has 45 heavy (non-hydrogen) atoms. The van der Waals surface area contributed by atoms with Crippen molar-refractivity contribution in [1.82, 2.24) is 0 Å². The van der Waals surface area contributed by atoms with Crippen molar-refractivity contribution in [3.8, 4) is 0 Å². The van der Waals surface area contributed by atoms with E-state index in [-0.39, 0.29) is 40.6 Å². The number of hydrogen-bond acceptors (Lipinski definition) is 0. The first-order valence-electron chi connectivity index (χ1n) is 16.9. The van der Waals surface area contributed by atoms with Gasteiger partial charge in [0, 0.05) is 0 Å². The van der Waals surface area contributed by atoms with Crippen LogP contribution in [0.3, 0.4) is 0 Å². The summed E-state index contributed by atoms with van der Waals surface area (Å²) < 4.78 is 0.0865. The quantitative estimate of drug-likeness (QED) is 0.173. The van der Waals surface area contributed by atoms with Gasteiger partial charge in [0.15, 0.2) is 0 Å². The monoisotopic (exact) mass is 712 g/mol. The Hall–Kier alpha value is -1.06. The number of rotatable bonds is 13. The van der Waals surface area contributed by atoms with Gasteiger partial charge < -0.3 is 37.2 Å². The fourth-order valence-electron chi connectivity index (χ4n) is 7.92. The summed E-state index contributed by atoms with van der Waals surface area (Å²) in [5, 5.41) is 4.74. The Kier molecular flexibility index (Phi) is 16.5. The van der Waals surface area contributed by atoms with Gasteiger partial charge in [0.05, 0.1) is 0 Å². The number of benzene rings is 3. The van der Waals surface area contributed by atoms with Crippen LogP contribution < -0.4 is 52.8 Å². The molecule has 0 amide bonds. The molecule has 5 rings (SSSR count). The molecule has 0 aromatic heterocycles. The molecule has 0 spiro atoms. The van der Waals surface area contributed by atoms with Crippen LogP contribution in [0.25, 0.3) is 0 Å². The summed E-state index contributed by atoms with van der Waals surface area (Å²) in [6.45, 7) is 9.46. The molecule has 3 aromatic rings. The number of fused-ring (bicyclic) bond motifs is 1. The van der Waals surface area contributed by atoms with Crippen LogP contribution in [0.4, 0.5) is 0 Å². The number of hydrogen-bond donors (Lipinski definition) is 0. The zero-order chi connectivity index (χ0) is 29.6. The van der Waals surface area contributed by atoms with E-state index in [1.165, 1.54) is 87.3 Å². The molecule has 0 aliphatic heterocycles. The number of unbranched alkanes of at least 4 members (excludes halogenated alkanes) is 3. The zero-order valence-electron chi connectivity index (χ0n) is 27.7. The number of allylic oxidation sites excluding steroid dienone is 4. The Bertz CT molecular complexity index is 1240. The van der Waals surface area contributed by atoms with Crippen LogP contribution in [0, 0.1) is 11.8 Å². The van der Waals surface area contributed by atoms with E-state index in [1.807, 2.05) is 0 Å². The fourth-order valence-corrected chi connectivity index (χ4v) is 16.5. The van der Waals surface area contributed by atoms with Crippen LogP contribution in [0.15, 0.2) is 96.6 Å². The van der Waals surface area contributed by atoms with Crippen molar-refractivity contribution in [1.29, 1.82) is 0 Å². The van der Waals surface area contributed by atoms with Crippen molar-refractivity contribution in [2.24, 2.45) is 11.8 Å². The van der Waals surface area contributed by atoms with Gasteiger partial charge in [0.2, 0.25) is 0 Å². The van der Waals surface area contributed by atoms with Crippen molar-refractivity contribution in [2.75, 3.05) is 0 Å². The Balaban J connectivity index is 0.00000235. The maximum Gasteiger partial charge on any atom is -1.00 e. The molecule has 3 unspecified atom stereocenters. The fraction of sp³-hybridized carbons (Fsp3) is 0.450. The third-order valence-electron chi connectivity index (χ3n) is 10.3. The molecule has 3 atom stereocenters. The van der Waals surface area contributed by atoms with Crippen LogP contribution in [-0.4, -0.2) is 8.07 Å². The Morgan fingerprint density at radius 3 is 1.38 bits per heavy atom. The molecule has 2 aliphatic rings. The normalized spacial score (nSPS) is 20.4. The standard InChI is InChI=1S/C40H51Si.3ClH.Ti/c1-5-8-13-32-18-24-36(25-19-32)41(37-26-20-33(21-27-37)14-9-6-2,38-28-22-34(23-29-38)15-10-7-3)40-31(4)30-35-16-11-12-17-39(35)40;;;;/h11-12,17-29,31,35H,5-10,13-16,30H2,1-4H3;3*1H;/q;;;;+3/p-3. The second kappa shape index (κ2) is 18.5. The summed E-state index contributed by atoms with van der Waals surface area (Å²) in [7, 11) is -2.55. The summed E-state index contributed by atoms with van der Waals surface area (Å²) in [6, 6.07) is 30.1. The van der Waals surface area contributed by atoms with Crippen LogP contribution in [0.1, 0.15) is 95.8 Å². The minimum atomic E-state index is -2.55. The van der Waals surface area contributed by atoms with Gasteiger partial charge in [-0.3, -0.25) is 0 Å². The molecule has 3 aromatic carbocycles. The average Bonchev–Trinajstić information content (AvgIpc) is 3.30. The largest absolute Gasteiger partial charge is 1.00 e. The van der Waals surface area contributed by atoms with E-state index < -0.39 is 8.07 Å². The molecule has 0 nitrogen and oxygen atoms in total. The Morgan fingerprint density at radius 2 is 1.02 bits per heavy atom. The second-order valence-corrected chi connectivity index (χ2v) is 19.1. The Labute approximate surface area is 306 Å². The summed E-state index contributed by atoms with van der Waals surface area (Å²) >= 11 is 2.68. The molecule has 5 heteroatoms. The van der Waals surface area contributed by atoms with Crippen LogP contribution in [-0.2, 0) is 39.7 Å². The van der Waals surface area contributed by atoms with E-state index in [0.29, 0.717) is 11.8 Å². The van der Waals surface area contributed by atoms with E-state index in [2.05, 4.69) is 139 Å². The molecule has 0 radical (unpaired) electrons. The van der Waals surface area contributed by atoms with Crippen molar-refractivity contribution in [3.05, 3.63) is 113 Å². The first kappa shape index (κ1) is 40.1. The predicted molar refractivity (Wildman–Crippen MR) is 182 cm³/mol. The number of halogens is 3. The van der Waals surface area contributed by atoms with E-state index in [4.69, 9.17) is 0 Å². The average molecular weight is 714 g/mol. The minimum Gasteiger partial charge on any atom is -1.00 e. The molecule has 1 fully saturated rings. The Morgan fingerprint density at radius 1 is 0.644 bits per heavy atom. The molecule has 0 heterocycles. The first-order chi connectivity index (χ1) is 20.5. The van der Waals surface area contributed by atoms with Gasteiger partial charge >= 0.3 is 271 Å². The maximum absolute atomic E-state index is 2.68. The van der Waals surface area contributed by atoms with Gasteiger partial charge in [-0.25, -0.2) is 0 Å². The minimum absolute atomic E-state index is 0. The second-order valence-electron chi connectivity index (χ2n) is 13.1. The molecule has 0 saturated heterocycles. The predicted octanol–water partition coefficient (Wildman–Crippen LogP) is -0.0164. The smallest absolute Gasteiger partial charge is 1.00 e. The van der Waals surface area contributed by atoms with Crippen LogP contribution in [0.5, 0.6) is 0 Å². The van der Waals surface area contributed by atoms with Gasteiger partial charge in [-0.1, -0.05) is 0 Å². The first-order valence-corrected chi connectivity index (χ1v) is 19.7. The van der Waals surface area contributed by atoms with Crippen LogP contribution in [0.2, 0.25) is 3.34 Å². The summed E-state index contributed by atoms with van der Waals surface area (Å²) in [5.41, 5.74) is 6.16. The molecule has 240 valence electrons. The van der Waals surface area contributed by atoms with E-state index in [9.17, 15) is 0 Å². The molecule has 0 bridgehead atoms.